The predicted molar refractivity (Wildman–Crippen MR) is 75.9 cm³/mol. The maximum absolute atomic E-state index is 12.0. The smallest absolute Gasteiger partial charge is 0.325 e. The lowest BCUT2D eigenvalue weighted by molar-refractivity contribution is -0.115. The van der Waals surface area contributed by atoms with Gasteiger partial charge in [-0.05, 0) is 25.0 Å². The van der Waals surface area contributed by atoms with Crippen molar-refractivity contribution in [2.24, 2.45) is 0 Å². The zero-order chi connectivity index (χ0) is 14.7. The highest BCUT2D eigenvalue weighted by Crippen LogP contribution is 2.19. The molecule has 1 heterocycles. The lowest BCUT2D eigenvalue weighted by Crippen LogP contribution is -2.25. The number of carbonyl (C=O) groups excluding carboxylic acids is 1. The molecule has 0 saturated carbocycles. The summed E-state index contributed by atoms with van der Waals surface area (Å²) in [6.45, 7) is 3.80. The van der Waals surface area contributed by atoms with Crippen molar-refractivity contribution < 1.29 is 4.79 Å². The van der Waals surface area contributed by atoms with Crippen molar-refractivity contribution in [1.29, 1.82) is 0 Å². The highest BCUT2D eigenvalue weighted by molar-refractivity contribution is 5.93. The first-order chi connectivity index (χ1) is 9.45. The first kappa shape index (κ1) is 13.8. The minimum Gasteiger partial charge on any atom is -0.325 e. The van der Waals surface area contributed by atoms with Gasteiger partial charge in [0.15, 0.2) is 0 Å². The summed E-state index contributed by atoms with van der Waals surface area (Å²) >= 11 is 0. The van der Waals surface area contributed by atoms with E-state index in [0.29, 0.717) is 0 Å². The van der Waals surface area contributed by atoms with Crippen LogP contribution < -0.4 is 16.6 Å². The predicted octanol–water partition coefficient (Wildman–Crippen LogP) is 0.861. The molecule has 1 amide bonds. The Bertz CT molecular complexity index is 710. The van der Waals surface area contributed by atoms with Gasteiger partial charge >= 0.3 is 5.69 Å². The molecule has 0 bridgehead atoms. The van der Waals surface area contributed by atoms with Gasteiger partial charge in [0.1, 0.15) is 0 Å². The molecule has 0 spiro atoms. The van der Waals surface area contributed by atoms with Crippen LogP contribution in [0.1, 0.15) is 16.8 Å². The van der Waals surface area contributed by atoms with E-state index in [1.165, 1.54) is 6.07 Å². The van der Waals surface area contributed by atoms with E-state index in [2.05, 4.69) is 15.3 Å². The summed E-state index contributed by atoms with van der Waals surface area (Å²) in [6, 6.07) is 6.91. The maximum atomic E-state index is 12.0. The molecule has 0 aliphatic heterocycles. The van der Waals surface area contributed by atoms with Crippen LogP contribution in [-0.4, -0.2) is 15.9 Å². The van der Waals surface area contributed by atoms with E-state index in [-0.39, 0.29) is 18.0 Å². The molecular formula is C14H15N3O3. The molecular weight excluding hydrogens is 258 g/mol. The zero-order valence-electron chi connectivity index (χ0n) is 11.2. The van der Waals surface area contributed by atoms with Gasteiger partial charge in [-0.25, -0.2) is 4.79 Å². The number of anilines is 1. The van der Waals surface area contributed by atoms with Crippen LogP contribution in [0.3, 0.4) is 0 Å². The fraction of sp³-hybridized carbons (Fsp3) is 0.214. The Balaban J connectivity index is 2.17. The number of aryl methyl sites for hydroxylation is 2. The van der Waals surface area contributed by atoms with Crippen LogP contribution in [0.25, 0.3) is 0 Å². The third kappa shape index (κ3) is 3.23. The lowest BCUT2D eigenvalue weighted by Gasteiger charge is -2.11. The number of amides is 1. The second-order valence-corrected chi connectivity index (χ2v) is 4.60. The molecule has 0 fully saturated rings. The van der Waals surface area contributed by atoms with Crippen LogP contribution >= 0.6 is 0 Å². The van der Waals surface area contributed by atoms with Crippen molar-refractivity contribution in [1.82, 2.24) is 9.97 Å². The van der Waals surface area contributed by atoms with Gasteiger partial charge in [0.2, 0.25) is 5.91 Å². The average Bonchev–Trinajstić information content (AvgIpc) is 2.32. The molecule has 2 aromatic rings. The topological polar surface area (TPSA) is 94.8 Å². The van der Waals surface area contributed by atoms with Crippen LogP contribution in [0.2, 0.25) is 0 Å². The quantitative estimate of drug-likeness (QED) is 0.774. The molecule has 0 aliphatic carbocycles. The maximum Gasteiger partial charge on any atom is 0.325 e. The van der Waals surface area contributed by atoms with Gasteiger partial charge in [0, 0.05) is 17.4 Å². The summed E-state index contributed by atoms with van der Waals surface area (Å²) in [6.07, 6.45) is -0.0626. The summed E-state index contributed by atoms with van der Waals surface area (Å²) in [7, 11) is 0. The second-order valence-electron chi connectivity index (χ2n) is 4.60. The molecule has 0 radical (unpaired) electrons. The zero-order valence-corrected chi connectivity index (χ0v) is 11.2. The highest BCUT2D eigenvalue weighted by Gasteiger charge is 2.09. The molecule has 1 aromatic heterocycles. The fourth-order valence-corrected chi connectivity index (χ4v) is 1.98. The fourth-order valence-electron chi connectivity index (χ4n) is 1.98. The third-order valence-electron chi connectivity index (χ3n) is 2.91. The lowest BCUT2D eigenvalue weighted by atomic mass is 10.1. The Morgan fingerprint density at radius 2 is 1.80 bits per heavy atom. The van der Waals surface area contributed by atoms with Crippen molar-refractivity contribution in [2.75, 3.05) is 5.32 Å². The molecule has 20 heavy (non-hydrogen) atoms. The Morgan fingerprint density at radius 3 is 2.40 bits per heavy atom. The number of nitrogens with one attached hydrogen (secondary N) is 3. The van der Waals surface area contributed by atoms with E-state index in [1.807, 2.05) is 32.0 Å². The van der Waals surface area contributed by atoms with Crippen LogP contribution in [-0.2, 0) is 11.2 Å². The molecule has 0 saturated heterocycles. The van der Waals surface area contributed by atoms with Crippen molar-refractivity contribution in [3.05, 3.63) is 61.9 Å². The third-order valence-corrected chi connectivity index (χ3v) is 2.91. The number of H-pyrrole nitrogens is 2. The van der Waals surface area contributed by atoms with Crippen molar-refractivity contribution in [3.8, 4) is 0 Å². The summed E-state index contributed by atoms with van der Waals surface area (Å²) < 4.78 is 0. The largest absolute Gasteiger partial charge is 0.325 e. The van der Waals surface area contributed by atoms with E-state index in [9.17, 15) is 14.4 Å². The van der Waals surface area contributed by atoms with Gasteiger partial charge < -0.3 is 10.3 Å². The number of benzene rings is 1. The van der Waals surface area contributed by atoms with Crippen molar-refractivity contribution >= 4 is 11.6 Å². The molecule has 3 N–H and O–H groups in total. The molecule has 0 unspecified atom stereocenters. The standard InChI is InChI=1S/C14H15N3O3/c1-8-4-3-5-9(2)13(8)16-11(18)6-10-7-12(19)17-14(20)15-10/h3-5,7H,6H2,1-2H3,(H,16,18)(H2,15,17,19,20). The number of rotatable bonds is 3. The number of carbonyl (C=O) groups is 1. The molecule has 104 valence electrons. The highest BCUT2D eigenvalue weighted by atomic mass is 16.2. The Morgan fingerprint density at radius 1 is 1.15 bits per heavy atom. The average molecular weight is 273 g/mol. The van der Waals surface area contributed by atoms with Gasteiger partial charge in [0.25, 0.3) is 5.56 Å². The summed E-state index contributed by atoms with van der Waals surface area (Å²) in [4.78, 5) is 38.7. The Kier molecular flexibility index (Phi) is 3.84. The molecule has 6 nitrogen and oxygen atoms in total. The molecule has 1 aromatic carbocycles. The SMILES string of the molecule is Cc1cccc(C)c1NC(=O)Cc1cc(=O)[nH]c(=O)[nH]1. The van der Waals surface area contributed by atoms with Crippen LogP contribution in [0.4, 0.5) is 5.69 Å². The van der Waals surface area contributed by atoms with Gasteiger partial charge in [-0.1, -0.05) is 18.2 Å². The van der Waals surface area contributed by atoms with Gasteiger partial charge in [-0.3, -0.25) is 14.6 Å². The van der Waals surface area contributed by atoms with Crippen molar-refractivity contribution in [2.45, 2.75) is 20.3 Å². The second kappa shape index (κ2) is 5.56. The molecule has 0 aliphatic rings. The summed E-state index contributed by atoms with van der Waals surface area (Å²) in [5, 5.41) is 2.79. The van der Waals surface area contributed by atoms with Gasteiger partial charge in [0.05, 0.1) is 6.42 Å². The Labute approximate surface area is 114 Å². The van der Waals surface area contributed by atoms with E-state index < -0.39 is 11.2 Å². The minimum atomic E-state index is -0.618. The summed E-state index contributed by atoms with van der Waals surface area (Å²) in [5.74, 6) is -0.288. The number of hydrogen-bond donors (Lipinski definition) is 3. The summed E-state index contributed by atoms with van der Waals surface area (Å²) in [5.41, 5.74) is 1.80. The first-order valence-corrected chi connectivity index (χ1v) is 6.14. The molecule has 0 atom stereocenters. The van der Waals surface area contributed by atoms with Crippen LogP contribution in [0, 0.1) is 13.8 Å². The van der Waals surface area contributed by atoms with Crippen LogP contribution in [0.5, 0.6) is 0 Å². The Hall–Kier alpha value is -2.63. The van der Waals surface area contributed by atoms with E-state index >= 15 is 0 Å². The molecule has 6 heteroatoms. The van der Waals surface area contributed by atoms with Gasteiger partial charge in [-0.2, -0.15) is 0 Å². The minimum absolute atomic E-state index is 0.0626. The van der Waals surface area contributed by atoms with E-state index in [0.717, 1.165) is 16.8 Å². The van der Waals surface area contributed by atoms with E-state index in [1.54, 1.807) is 0 Å². The van der Waals surface area contributed by atoms with E-state index in [4.69, 9.17) is 0 Å². The number of aromatic amines is 2. The number of hydrogen-bond acceptors (Lipinski definition) is 3. The van der Waals surface area contributed by atoms with Gasteiger partial charge in [-0.15, -0.1) is 0 Å². The van der Waals surface area contributed by atoms with Crippen LogP contribution in [0.15, 0.2) is 33.9 Å². The number of para-hydroxylation sites is 1. The first-order valence-electron chi connectivity index (χ1n) is 6.14. The van der Waals surface area contributed by atoms with Crippen molar-refractivity contribution in [3.63, 3.8) is 0 Å². The monoisotopic (exact) mass is 273 g/mol. The normalized spacial score (nSPS) is 10.3. The number of aromatic nitrogens is 2. The molecule has 2 rings (SSSR count).